The van der Waals surface area contributed by atoms with Crippen molar-refractivity contribution in [2.75, 3.05) is 0 Å². The zero-order valence-corrected chi connectivity index (χ0v) is 14.5. The molecule has 0 aliphatic rings. The van der Waals surface area contributed by atoms with Crippen molar-refractivity contribution in [2.24, 2.45) is 5.41 Å². The van der Waals surface area contributed by atoms with Gasteiger partial charge in [-0.15, -0.1) is 0 Å². The predicted molar refractivity (Wildman–Crippen MR) is 92.9 cm³/mol. The normalized spacial score (nSPS) is 13.2. The van der Waals surface area contributed by atoms with Crippen molar-refractivity contribution in [3.05, 3.63) is 54.5 Å². The Bertz CT molecular complexity index is 842. The van der Waals surface area contributed by atoms with Crippen molar-refractivity contribution in [3.8, 4) is 0 Å². The highest BCUT2D eigenvalue weighted by atomic mass is 16.2. The Balaban J connectivity index is 1.82. The fourth-order valence-corrected chi connectivity index (χ4v) is 2.64. The summed E-state index contributed by atoms with van der Waals surface area (Å²) in [6, 6.07) is 3.90. The fourth-order valence-electron chi connectivity index (χ4n) is 2.64. The number of nitrogens with zero attached hydrogens (tertiary/aromatic N) is 4. The van der Waals surface area contributed by atoms with E-state index in [1.807, 2.05) is 40.4 Å². The molecule has 1 atom stereocenters. The van der Waals surface area contributed by atoms with Gasteiger partial charge in [-0.2, -0.15) is 0 Å². The van der Waals surface area contributed by atoms with Crippen LogP contribution in [0.2, 0.25) is 0 Å². The molecule has 3 heterocycles. The molecule has 24 heavy (non-hydrogen) atoms. The molecule has 0 aliphatic carbocycles. The van der Waals surface area contributed by atoms with Gasteiger partial charge in [-0.1, -0.05) is 26.8 Å². The minimum atomic E-state index is -0.154. The third kappa shape index (κ3) is 3.32. The maximum absolute atomic E-state index is 12.7. The van der Waals surface area contributed by atoms with E-state index in [1.54, 1.807) is 18.7 Å². The van der Waals surface area contributed by atoms with Gasteiger partial charge in [0.25, 0.3) is 5.91 Å². The van der Waals surface area contributed by atoms with Crippen LogP contribution in [0.15, 0.2) is 43.2 Å². The summed E-state index contributed by atoms with van der Waals surface area (Å²) < 4.78 is 3.86. The lowest BCUT2D eigenvalue weighted by Gasteiger charge is -2.31. The van der Waals surface area contributed by atoms with Crippen LogP contribution in [0.3, 0.4) is 0 Å². The molecule has 6 heteroatoms. The Morgan fingerprint density at radius 1 is 1.33 bits per heavy atom. The Morgan fingerprint density at radius 2 is 2.12 bits per heavy atom. The first-order valence-corrected chi connectivity index (χ1v) is 8.05. The van der Waals surface area contributed by atoms with Gasteiger partial charge in [0.05, 0.1) is 12.4 Å². The number of carbonyl (C=O) groups excluding carboxylic acids is 1. The second-order valence-electron chi connectivity index (χ2n) is 7.20. The van der Waals surface area contributed by atoms with E-state index in [0.29, 0.717) is 12.2 Å². The number of hydrogen-bond acceptors (Lipinski definition) is 3. The lowest BCUT2D eigenvalue weighted by molar-refractivity contribution is 0.0888. The van der Waals surface area contributed by atoms with Gasteiger partial charge in [0, 0.05) is 31.3 Å². The van der Waals surface area contributed by atoms with Gasteiger partial charge in [0.15, 0.2) is 0 Å². The van der Waals surface area contributed by atoms with Crippen LogP contribution in [0.1, 0.15) is 36.8 Å². The number of amides is 1. The maximum atomic E-state index is 12.7. The van der Waals surface area contributed by atoms with Crippen LogP contribution in [0, 0.1) is 12.3 Å². The molecule has 0 fully saturated rings. The standard InChI is InChI=1S/C18H23N5O/c1-13-6-5-8-23-10-14(20-16(13)23)17(24)21-15(18(2,3)4)11-22-9-7-19-12-22/h5-10,12,15H,11H2,1-4H3,(H,21,24)/t15-/m1/s1. The van der Waals surface area contributed by atoms with Crippen LogP contribution in [0.5, 0.6) is 0 Å². The van der Waals surface area contributed by atoms with Crippen LogP contribution < -0.4 is 5.32 Å². The van der Waals surface area contributed by atoms with E-state index in [-0.39, 0.29) is 17.4 Å². The molecule has 0 aliphatic heterocycles. The molecule has 6 nitrogen and oxygen atoms in total. The Kier molecular flexibility index (Phi) is 4.13. The van der Waals surface area contributed by atoms with Gasteiger partial charge in [-0.3, -0.25) is 4.79 Å². The largest absolute Gasteiger partial charge is 0.346 e. The minimum Gasteiger partial charge on any atom is -0.346 e. The number of pyridine rings is 1. The summed E-state index contributed by atoms with van der Waals surface area (Å²) in [6.45, 7) is 9.00. The zero-order valence-electron chi connectivity index (χ0n) is 14.5. The van der Waals surface area contributed by atoms with E-state index in [2.05, 4.69) is 36.1 Å². The number of aromatic nitrogens is 4. The summed E-state index contributed by atoms with van der Waals surface area (Å²) in [6.07, 6.45) is 9.08. The smallest absolute Gasteiger partial charge is 0.271 e. The fraction of sp³-hybridized carbons (Fsp3) is 0.389. The summed E-state index contributed by atoms with van der Waals surface area (Å²) in [7, 11) is 0. The van der Waals surface area contributed by atoms with Crippen molar-refractivity contribution in [2.45, 2.75) is 40.3 Å². The Morgan fingerprint density at radius 3 is 2.75 bits per heavy atom. The van der Waals surface area contributed by atoms with Crippen molar-refractivity contribution in [3.63, 3.8) is 0 Å². The molecule has 0 saturated carbocycles. The molecule has 0 saturated heterocycles. The van der Waals surface area contributed by atoms with Gasteiger partial charge in [-0.05, 0) is 24.0 Å². The van der Waals surface area contributed by atoms with Crippen LogP contribution in [-0.2, 0) is 6.54 Å². The molecule has 1 N–H and O–H groups in total. The predicted octanol–water partition coefficient (Wildman–Crippen LogP) is 2.68. The zero-order chi connectivity index (χ0) is 17.3. The van der Waals surface area contributed by atoms with Gasteiger partial charge in [0.1, 0.15) is 11.3 Å². The molecule has 0 aromatic carbocycles. The monoisotopic (exact) mass is 325 g/mol. The number of imidazole rings is 2. The molecule has 3 aromatic heterocycles. The van der Waals surface area contributed by atoms with Crippen molar-refractivity contribution in [1.29, 1.82) is 0 Å². The number of fused-ring (bicyclic) bond motifs is 1. The lowest BCUT2D eigenvalue weighted by atomic mass is 9.86. The molecular weight excluding hydrogens is 302 g/mol. The molecular formula is C18H23N5O. The van der Waals surface area contributed by atoms with E-state index < -0.39 is 0 Å². The highest BCUT2D eigenvalue weighted by Crippen LogP contribution is 2.21. The first-order valence-electron chi connectivity index (χ1n) is 8.05. The molecule has 3 rings (SSSR count). The summed E-state index contributed by atoms with van der Waals surface area (Å²) >= 11 is 0. The first kappa shape index (κ1) is 16.2. The number of carbonyl (C=O) groups is 1. The summed E-state index contributed by atoms with van der Waals surface area (Å²) in [5, 5.41) is 3.13. The van der Waals surface area contributed by atoms with Crippen LogP contribution >= 0.6 is 0 Å². The number of aryl methyl sites for hydroxylation is 1. The molecule has 0 unspecified atom stereocenters. The van der Waals surface area contributed by atoms with E-state index in [0.717, 1.165) is 11.2 Å². The molecule has 126 valence electrons. The van der Waals surface area contributed by atoms with Crippen molar-refractivity contribution >= 4 is 11.6 Å². The summed E-state index contributed by atoms with van der Waals surface area (Å²) in [5.74, 6) is -0.154. The third-order valence-corrected chi connectivity index (χ3v) is 4.21. The molecule has 0 radical (unpaired) electrons. The average Bonchev–Trinajstić information content (AvgIpc) is 3.15. The minimum absolute atomic E-state index is 0.0369. The number of nitrogens with one attached hydrogen (secondary N) is 1. The topological polar surface area (TPSA) is 64.2 Å². The van der Waals surface area contributed by atoms with Crippen LogP contribution in [-0.4, -0.2) is 30.9 Å². The number of rotatable bonds is 4. The van der Waals surface area contributed by atoms with E-state index in [1.165, 1.54) is 0 Å². The van der Waals surface area contributed by atoms with Gasteiger partial charge < -0.3 is 14.3 Å². The van der Waals surface area contributed by atoms with Crippen LogP contribution in [0.4, 0.5) is 0 Å². The van der Waals surface area contributed by atoms with E-state index in [9.17, 15) is 4.79 Å². The average molecular weight is 325 g/mol. The first-order chi connectivity index (χ1) is 11.3. The van der Waals surface area contributed by atoms with Crippen molar-refractivity contribution in [1.82, 2.24) is 24.3 Å². The maximum Gasteiger partial charge on any atom is 0.271 e. The summed E-state index contributed by atoms with van der Waals surface area (Å²) in [4.78, 5) is 21.2. The van der Waals surface area contributed by atoms with Crippen molar-refractivity contribution < 1.29 is 4.79 Å². The van der Waals surface area contributed by atoms with Gasteiger partial charge in [-0.25, -0.2) is 9.97 Å². The van der Waals surface area contributed by atoms with Gasteiger partial charge >= 0.3 is 0 Å². The highest BCUT2D eigenvalue weighted by Gasteiger charge is 2.27. The summed E-state index contributed by atoms with van der Waals surface area (Å²) in [5.41, 5.74) is 2.20. The second-order valence-corrected chi connectivity index (χ2v) is 7.20. The Hall–Kier alpha value is -2.63. The third-order valence-electron chi connectivity index (χ3n) is 4.21. The SMILES string of the molecule is Cc1cccn2cc(C(=O)N[C@H](Cn3ccnc3)C(C)(C)C)nc12. The molecule has 1 amide bonds. The lowest BCUT2D eigenvalue weighted by Crippen LogP contribution is -2.46. The van der Waals surface area contributed by atoms with E-state index in [4.69, 9.17) is 0 Å². The molecule has 0 spiro atoms. The quantitative estimate of drug-likeness (QED) is 0.802. The van der Waals surface area contributed by atoms with Gasteiger partial charge in [0.2, 0.25) is 0 Å². The number of hydrogen-bond donors (Lipinski definition) is 1. The highest BCUT2D eigenvalue weighted by molar-refractivity contribution is 5.93. The second kappa shape index (κ2) is 6.11. The molecule has 3 aromatic rings. The van der Waals surface area contributed by atoms with E-state index >= 15 is 0 Å². The molecule has 0 bridgehead atoms. The van der Waals surface area contributed by atoms with Crippen LogP contribution in [0.25, 0.3) is 5.65 Å². The Labute approximate surface area is 141 Å².